The first-order chi connectivity index (χ1) is 22.4. The van der Waals surface area contributed by atoms with Crippen molar-refractivity contribution in [3.8, 4) is 0 Å². The molecule has 0 rings (SSSR count). The number of unbranched alkanes of at least 4 members (excludes halogenated alkanes) is 22. The summed E-state index contributed by atoms with van der Waals surface area (Å²) in [6, 6.07) is 0. The van der Waals surface area contributed by atoms with Gasteiger partial charge < -0.3 is 14.2 Å². The van der Waals surface area contributed by atoms with Gasteiger partial charge in [0.1, 0.15) is 13.2 Å². The lowest BCUT2D eigenvalue weighted by Gasteiger charge is -2.18. The topological polar surface area (TPSA) is 78.9 Å². The van der Waals surface area contributed by atoms with Gasteiger partial charge in [0.2, 0.25) is 0 Å². The molecule has 0 fully saturated rings. The highest BCUT2D eigenvalue weighted by Gasteiger charge is 2.19. The summed E-state index contributed by atoms with van der Waals surface area (Å²) in [5.41, 5.74) is 0. The number of ether oxygens (including phenoxy) is 3. The highest BCUT2D eigenvalue weighted by atomic mass is 16.6. The quantitative estimate of drug-likeness (QED) is 0.0385. The minimum atomic E-state index is -0.756. The van der Waals surface area contributed by atoms with Crippen molar-refractivity contribution in [3.05, 3.63) is 0 Å². The third-order valence-electron chi connectivity index (χ3n) is 8.79. The van der Waals surface area contributed by atoms with E-state index in [4.69, 9.17) is 14.2 Å². The Morgan fingerprint density at radius 1 is 0.413 bits per heavy atom. The van der Waals surface area contributed by atoms with E-state index in [-0.39, 0.29) is 31.1 Å². The molecule has 0 aliphatic heterocycles. The van der Waals surface area contributed by atoms with E-state index in [1.165, 1.54) is 103 Å². The standard InChI is InChI=1S/C40H76O6/c1-5-7-9-11-12-13-17-20-24-28-32-39(42)45-35-37(34-44-38(41)31-27-22-10-8-6-2)46-40(43)33-29-25-21-18-15-14-16-19-23-26-30-36(3)4/h36-37H,5-35H2,1-4H3/t37-/m0/s1. The van der Waals surface area contributed by atoms with Gasteiger partial charge in [0.25, 0.3) is 0 Å². The maximum absolute atomic E-state index is 12.6. The molecule has 46 heavy (non-hydrogen) atoms. The predicted molar refractivity (Wildman–Crippen MR) is 192 cm³/mol. The normalized spacial score (nSPS) is 11.9. The van der Waals surface area contributed by atoms with Crippen LogP contribution >= 0.6 is 0 Å². The molecule has 0 aromatic carbocycles. The minimum absolute atomic E-state index is 0.0659. The molecule has 0 N–H and O–H groups in total. The van der Waals surface area contributed by atoms with Crippen LogP contribution in [0.25, 0.3) is 0 Å². The lowest BCUT2D eigenvalue weighted by Crippen LogP contribution is -2.30. The van der Waals surface area contributed by atoms with Crippen molar-refractivity contribution in [2.45, 2.75) is 220 Å². The van der Waals surface area contributed by atoms with Gasteiger partial charge in [-0.3, -0.25) is 14.4 Å². The van der Waals surface area contributed by atoms with Gasteiger partial charge in [0.05, 0.1) is 0 Å². The number of hydrogen-bond acceptors (Lipinski definition) is 6. The summed E-state index contributed by atoms with van der Waals surface area (Å²) in [6.07, 6.45) is 31.1. The van der Waals surface area contributed by atoms with Crippen LogP contribution in [0.1, 0.15) is 214 Å². The molecular weight excluding hydrogens is 576 g/mol. The van der Waals surface area contributed by atoms with E-state index in [0.29, 0.717) is 19.3 Å². The van der Waals surface area contributed by atoms with Gasteiger partial charge in [0.15, 0.2) is 6.10 Å². The summed E-state index contributed by atoms with van der Waals surface area (Å²) in [7, 11) is 0. The molecule has 6 heteroatoms. The molecule has 0 saturated carbocycles. The first kappa shape index (κ1) is 44.4. The van der Waals surface area contributed by atoms with Crippen LogP contribution in [0.5, 0.6) is 0 Å². The lowest BCUT2D eigenvalue weighted by atomic mass is 10.0. The first-order valence-electron chi connectivity index (χ1n) is 19.9. The molecule has 0 aromatic rings. The molecule has 6 nitrogen and oxygen atoms in total. The van der Waals surface area contributed by atoms with Crippen LogP contribution in [0.4, 0.5) is 0 Å². The van der Waals surface area contributed by atoms with E-state index in [1.807, 2.05) is 0 Å². The summed E-state index contributed by atoms with van der Waals surface area (Å²) in [6.45, 7) is 8.86. The second kappa shape index (κ2) is 34.7. The van der Waals surface area contributed by atoms with Crippen molar-refractivity contribution in [2.75, 3.05) is 13.2 Å². The van der Waals surface area contributed by atoms with Gasteiger partial charge in [-0.2, -0.15) is 0 Å². The molecule has 0 saturated heterocycles. The Hall–Kier alpha value is -1.59. The van der Waals surface area contributed by atoms with Gasteiger partial charge in [-0.25, -0.2) is 0 Å². The molecule has 0 spiro atoms. The van der Waals surface area contributed by atoms with E-state index >= 15 is 0 Å². The van der Waals surface area contributed by atoms with E-state index in [0.717, 1.165) is 70.1 Å². The molecule has 0 aliphatic carbocycles. The fraction of sp³-hybridized carbons (Fsp3) is 0.925. The lowest BCUT2D eigenvalue weighted by molar-refractivity contribution is -0.167. The molecule has 0 bridgehead atoms. The Labute approximate surface area is 285 Å². The van der Waals surface area contributed by atoms with Crippen molar-refractivity contribution in [1.82, 2.24) is 0 Å². The second-order valence-corrected chi connectivity index (χ2v) is 14.0. The number of rotatable bonds is 35. The minimum Gasteiger partial charge on any atom is -0.462 e. The third-order valence-corrected chi connectivity index (χ3v) is 8.79. The Balaban J connectivity index is 4.26. The number of hydrogen-bond donors (Lipinski definition) is 0. The highest BCUT2D eigenvalue weighted by Crippen LogP contribution is 2.15. The van der Waals surface area contributed by atoms with Crippen molar-refractivity contribution in [3.63, 3.8) is 0 Å². The maximum atomic E-state index is 12.6. The van der Waals surface area contributed by atoms with E-state index < -0.39 is 6.10 Å². The van der Waals surface area contributed by atoms with Crippen molar-refractivity contribution >= 4 is 17.9 Å². The van der Waals surface area contributed by atoms with E-state index in [9.17, 15) is 14.4 Å². The largest absolute Gasteiger partial charge is 0.462 e. The number of esters is 3. The predicted octanol–water partition coefficient (Wildman–Crippen LogP) is 12.0. The summed E-state index contributed by atoms with van der Waals surface area (Å²) < 4.78 is 16.5. The van der Waals surface area contributed by atoms with Gasteiger partial charge in [-0.15, -0.1) is 0 Å². The summed E-state index contributed by atoms with van der Waals surface area (Å²) in [4.78, 5) is 37.2. The maximum Gasteiger partial charge on any atom is 0.306 e. The summed E-state index contributed by atoms with van der Waals surface area (Å²) >= 11 is 0. The molecule has 0 aromatic heterocycles. The average Bonchev–Trinajstić information content (AvgIpc) is 3.03. The monoisotopic (exact) mass is 653 g/mol. The molecule has 1 atom stereocenters. The summed E-state index contributed by atoms with van der Waals surface area (Å²) in [5.74, 6) is -0.0619. The Morgan fingerprint density at radius 2 is 0.717 bits per heavy atom. The highest BCUT2D eigenvalue weighted by molar-refractivity contribution is 5.71. The second-order valence-electron chi connectivity index (χ2n) is 14.0. The van der Waals surface area contributed by atoms with Gasteiger partial charge in [-0.1, -0.05) is 175 Å². The Morgan fingerprint density at radius 3 is 1.07 bits per heavy atom. The summed E-state index contributed by atoms with van der Waals surface area (Å²) in [5, 5.41) is 0. The Bertz CT molecular complexity index is 691. The molecule has 0 amide bonds. The van der Waals surface area contributed by atoms with Crippen LogP contribution in [-0.2, 0) is 28.6 Å². The smallest absolute Gasteiger partial charge is 0.306 e. The zero-order chi connectivity index (χ0) is 33.9. The van der Waals surface area contributed by atoms with E-state index in [2.05, 4.69) is 27.7 Å². The SMILES string of the molecule is CCCCCCCCCCCCC(=O)OC[C@H](COC(=O)CCCCCCC)OC(=O)CCCCCCCCCCCCC(C)C. The van der Waals surface area contributed by atoms with Gasteiger partial charge in [0, 0.05) is 19.3 Å². The zero-order valence-corrected chi connectivity index (χ0v) is 31.0. The van der Waals surface area contributed by atoms with Crippen LogP contribution in [0.3, 0.4) is 0 Å². The van der Waals surface area contributed by atoms with Crippen molar-refractivity contribution in [1.29, 1.82) is 0 Å². The fourth-order valence-corrected chi connectivity index (χ4v) is 5.74. The van der Waals surface area contributed by atoms with Crippen molar-refractivity contribution in [2.24, 2.45) is 5.92 Å². The zero-order valence-electron chi connectivity index (χ0n) is 31.0. The Kier molecular flexibility index (Phi) is 33.5. The third kappa shape index (κ3) is 33.8. The van der Waals surface area contributed by atoms with Crippen LogP contribution < -0.4 is 0 Å². The molecule has 0 unspecified atom stereocenters. The molecule has 0 radical (unpaired) electrons. The van der Waals surface area contributed by atoms with Crippen LogP contribution in [0.2, 0.25) is 0 Å². The molecule has 0 aliphatic rings. The van der Waals surface area contributed by atoms with Gasteiger partial charge in [-0.05, 0) is 25.2 Å². The first-order valence-corrected chi connectivity index (χ1v) is 19.9. The van der Waals surface area contributed by atoms with E-state index in [1.54, 1.807) is 0 Å². The van der Waals surface area contributed by atoms with Gasteiger partial charge >= 0.3 is 17.9 Å². The number of carbonyl (C=O) groups is 3. The van der Waals surface area contributed by atoms with Crippen LogP contribution in [0.15, 0.2) is 0 Å². The fourth-order valence-electron chi connectivity index (χ4n) is 5.74. The molecule has 0 heterocycles. The molecular formula is C40H76O6. The van der Waals surface area contributed by atoms with Crippen molar-refractivity contribution < 1.29 is 28.6 Å². The molecule has 272 valence electrons. The number of carbonyl (C=O) groups excluding carboxylic acids is 3. The average molecular weight is 653 g/mol. The van der Waals surface area contributed by atoms with Crippen LogP contribution in [-0.4, -0.2) is 37.2 Å². The van der Waals surface area contributed by atoms with Crippen LogP contribution in [0, 0.1) is 5.92 Å².